The second-order valence-corrected chi connectivity index (χ2v) is 21.8. The molecule has 45 heavy (non-hydrogen) atoms. The molecule has 0 aromatic heterocycles. The zero-order chi connectivity index (χ0) is 32.5. The number of benzene rings is 3. The van der Waals surface area contributed by atoms with Crippen molar-refractivity contribution in [3.05, 3.63) is 103 Å². The zero-order valence-electron chi connectivity index (χ0n) is 30.2. The van der Waals surface area contributed by atoms with E-state index in [0.29, 0.717) is 5.92 Å². The van der Waals surface area contributed by atoms with Crippen LogP contribution >= 0.6 is 0 Å². The molecule has 3 aromatic rings. The molecule has 1 heteroatoms. The van der Waals surface area contributed by atoms with Crippen LogP contribution in [0.2, 0.25) is 0 Å². The van der Waals surface area contributed by atoms with Gasteiger partial charge in [-0.05, 0) is 0 Å². The van der Waals surface area contributed by atoms with Crippen LogP contribution in [0.25, 0.3) is 0 Å². The third-order valence-corrected chi connectivity index (χ3v) is 16.2. The number of hydrogen-bond acceptors (Lipinski definition) is 0. The maximum absolute atomic E-state index is 2.74. The molecule has 0 heterocycles. The van der Waals surface area contributed by atoms with E-state index in [1.54, 1.807) is 66.8 Å². The van der Waals surface area contributed by atoms with Crippen LogP contribution < -0.4 is 0 Å². The second kappa shape index (κ2) is 8.73. The van der Waals surface area contributed by atoms with Gasteiger partial charge in [-0.25, -0.2) is 0 Å². The van der Waals surface area contributed by atoms with Crippen molar-refractivity contribution >= 4 is 23.0 Å². The van der Waals surface area contributed by atoms with E-state index in [9.17, 15) is 0 Å². The van der Waals surface area contributed by atoms with Gasteiger partial charge in [-0.1, -0.05) is 0 Å². The van der Waals surface area contributed by atoms with E-state index < -0.39 is 0 Å². The molecule has 3 aromatic carbocycles. The molecule has 0 nitrogen and oxygen atoms in total. The molecule has 0 amide bonds. The SMILES string of the molecule is CC1(C)CCC(C)(C)c2cc3c(cc21)C1c2cc4c(cc2[C]3([Sb])c2cc3c(cc21)C(C)(C)CCC3(C)C)C(C)(C)CCC4(C)C. The van der Waals surface area contributed by atoms with Crippen molar-refractivity contribution in [1.82, 2.24) is 0 Å². The first-order valence-electron chi connectivity index (χ1n) is 17.9. The predicted molar refractivity (Wildman–Crippen MR) is 192 cm³/mol. The fourth-order valence-corrected chi connectivity index (χ4v) is 12.1. The van der Waals surface area contributed by atoms with Crippen molar-refractivity contribution in [3.8, 4) is 0 Å². The van der Waals surface area contributed by atoms with Gasteiger partial charge in [0.2, 0.25) is 0 Å². The Balaban J connectivity index is 1.51. The first kappa shape index (κ1) is 30.8. The molecule has 9 rings (SSSR count). The number of rotatable bonds is 0. The van der Waals surface area contributed by atoms with E-state index in [2.05, 4.69) is 143 Å². The zero-order valence-corrected chi connectivity index (χ0v) is 32.8. The van der Waals surface area contributed by atoms with Crippen molar-refractivity contribution < 1.29 is 0 Å². The molecule has 0 saturated carbocycles. The summed E-state index contributed by atoms with van der Waals surface area (Å²) >= 11 is 2.06. The number of hydrogen-bond donors (Lipinski definition) is 0. The summed E-state index contributed by atoms with van der Waals surface area (Å²) in [5.41, 5.74) is 20.6. The molecule has 236 valence electrons. The van der Waals surface area contributed by atoms with Crippen LogP contribution in [-0.4, -0.2) is 23.0 Å². The Bertz CT molecular complexity index is 1610. The van der Waals surface area contributed by atoms with Crippen LogP contribution in [0, 0.1) is 0 Å². The Morgan fingerprint density at radius 3 is 0.778 bits per heavy atom. The van der Waals surface area contributed by atoms with Crippen LogP contribution in [0.3, 0.4) is 0 Å². The van der Waals surface area contributed by atoms with Crippen molar-refractivity contribution in [2.45, 2.75) is 163 Å². The van der Waals surface area contributed by atoms with E-state index >= 15 is 0 Å². The fraction of sp³-hybridized carbons (Fsp3) is 0.591. The first-order chi connectivity index (χ1) is 20.6. The third kappa shape index (κ3) is 3.91. The Morgan fingerprint density at radius 1 is 0.356 bits per heavy atom. The Morgan fingerprint density at radius 2 is 0.556 bits per heavy atom. The van der Waals surface area contributed by atoms with Gasteiger partial charge in [0, 0.05) is 0 Å². The van der Waals surface area contributed by atoms with Crippen molar-refractivity contribution in [1.29, 1.82) is 0 Å². The van der Waals surface area contributed by atoms with Gasteiger partial charge in [0.05, 0.1) is 0 Å². The fourth-order valence-electron chi connectivity index (χ4n) is 10.5. The van der Waals surface area contributed by atoms with Crippen LogP contribution in [-0.2, 0) is 35.9 Å². The predicted octanol–water partition coefficient (Wildman–Crippen LogP) is 11.0. The van der Waals surface area contributed by atoms with Crippen LogP contribution in [0.1, 0.15) is 194 Å². The van der Waals surface area contributed by atoms with Crippen LogP contribution in [0.4, 0.5) is 0 Å². The first-order valence-corrected chi connectivity index (χ1v) is 19.2. The Kier molecular flexibility index (Phi) is 5.98. The van der Waals surface area contributed by atoms with Crippen molar-refractivity contribution in [3.63, 3.8) is 0 Å². The van der Waals surface area contributed by atoms with E-state index in [1.807, 2.05) is 0 Å². The van der Waals surface area contributed by atoms with Gasteiger partial charge < -0.3 is 0 Å². The van der Waals surface area contributed by atoms with E-state index in [4.69, 9.17) is 0 Å². The van der Waals surface area contributed by atoms with Crippen LogP contribution in [0.5, 0.6) is 0 Å². The molecular weight excluding hydrogens is 650 g/mol. The molecule has 6 aliphatic rings. The Hall–Kier alpha value is -1.52. The molecule has 6 aliphatic carbocycles. The van der Waals surface area contributed by atoms with E-state index in [1.165, 1.54) is 38.5 Å². The summed E-state index contributed by atoms with van der Waals surface area (Å²) in [5, 5.41) is 0. The Labute approximate surface area is 288 Å². The molecule has 0 unspecified atom stereocenters. The minimum atomic E-state index is -0.116. The molecule has 2 radical (unpaired) electrons. The summed E-state index contributed by atoms with van der Waals surface area (Å²) < 4.78 is -0.116. The van der Waals surface area contributed by atoms with Gasteiger partial charge in [0.1, 0.15) is 0 Å². The molecular formula is C44H55Sb. The van der Waals surface area contributed by atoms with Gasteiger partial charge in [-0.2, -0.15) is 0 Å². The van der Waals surface area contributed by atoms with Gasteiger partial charge >= 0.3 is 290 Å². The second-order valence-electron chi connectivity index (χ2n) is 19.9. The number of fused-ring (bicyclic) bond motifs is 3. The normalized spacial score (nSPS) is 29.4. The van der Waals surface area contributed by atoms with Crippen molar-refractivity contribution in [2.24, 2.45) is 0 Å². The minimum absolute atomic E-state index is 0.116. The van der Waals surface area contributed by atoms with Gasteiger partial charge in [-0.3, -0.25) is 0 Å². The maximum atomic E-state index is 2.74. The summed E-state index contributed by atoms with van der Waals surface area (Å²) in [6, 6.07) is 16.4. The molecule has 2 bridgehead atoms. The average molecular weight is 706 g/mol. The molecule has 0 aliphatic heterocycles. The topological polar surface area (TPSA) is 0 Å². The third-order valence-electron chi connectivity index (χ3n) is 14.2. The average Bonchev–Trinajstić information content (AvgIpc) is 2.95. The summed E-state index contributed by atoms with van der Waals surface area (Å²) in [6.07, 6.45) is 7.57. The molecule has 0 fully saturated rings. The van der Waals surface area contributed by atoms with E-state index in [0.717, 1.165) is 0 Å². The summed E-state index contributed by atoms with van der Waals surface area (Å²) in [7, 11) is 0. The molecule has 0 spiro atoms. The summed E-state index contributed by atoms with van der Waals surface area (Å²) in [5.74, 6) is 0.309. The summed E-state index contributed by atoms with van der Waals surface area (Å²) in [4.78, 5) is 0. The molecule has 0 N–H and O–H groups in total. The monoisotopic (exact) mass is 704 g/mol. The standard InChI is InChI=1S/C44H55.Sb/c1-39(2)13-14-40(3,4)32-20-26-25(19-31(32)39)37-27-21-33-35(43(9,10)17-15-41(33,5)6)23-29(27)38(26)30-24-36-34(22-28(30)37)42(7,8)16-18-44(36,11)12;/h19-24,37H,13-18H2,1-12H3;. The van der Waals surface area contributed by atoms with Crippen molar-refractivity contribution in [2.75, 3.05) is 0 Å². The molecule has 0 atom stereocenters. The van der Waals surface area contributed by atoms with Crippen LogP contribution in [0.15, 0.2) is 36.4 Å². The van der Waals surface area contributed by atoms with Gasteiger partial charge in [0.25, 0.3) is 0 Å². The van der Waals surface area contributed by atoms with Gasteiger partial charge in [-0.15, -0.1) is 0 Å². The van der Waals surface area contributed by atoms with Gasteiger partial charge in [0.15, 0.2) is 0 Å². The van der Waals surface area contributed by atoms with E-state index in [-0.39, 0.29) is 35.9 Å². The quantitative estimate of drug-likeness (QED) is 0.204. The molecule has 0 saturated heterocycles. The summed E-state index contributed by atoms with van der Waals surface area (Å²) in [6.45, 7) is 30.0.